The number of imidazole rings is 1. The molecule has 0 radical (unpaired) electrons. The molecule has 0 fully saturated rings. The third-order valence-corrected chi connectivity index (χ3v) is 4.54. The van der Waals surface area contributed by atoms with Crippen molar-refractivity contribution in [3.63, 3.8) is 0 Å². The lowest BCUT2D eigenvalue weighted by Crippen LogP contribution is -2.19. The van der Waals surface area contributed by atoms with Gasteiger partial charge in [0, 0.05) is 6.54 Å². The number of aromatic amines is 1. The normalized spacial score (nSPS) is 11.1. The first-order chi connectivity index (χ1) is 14.1. The quantitative estimate of drug-likeness (QED) is 0.331. The molecule has 0 bridgehead atoms. The van der Waals surface area contributed by atoms with Crippen LogP contribution in [0.3, 0.4) is 0 Å². The Labute approximate surface area is 169 Å². The molecule has 0 aliphatic rings. The van der Waals surface area contributed by atoms with Gasteiger partial charge in [0.1, 0.15) is 17.3 Å². The molecule has 3 rings (SSSR count). The maximum atomic E-state index is 12.5. The first-order valence-electron chi connectivity index (χ1n) is 9.48. The molecular weight excluding hydrogens is 364 g/mol. The zero-order chi connectivity index (χ0) is 20.6. The maximum absolute atomic E-state index is 12.5. The number of nitrogens with one attached hydrogen (secondary N) is 2. The van der Waals surface area contributed by atoms with E-state index >= 15 is 0 Å². The number of hydrogen-bond acceptors (Lipinski definition) is 5. The van der Waals surface area contributed by atoms with Crippen molar-refractivity contribution in [1.82, 2.24) is 14.9 Å². The average Bonchev–Trinajstić information content (AvgIpc) is 3.01. The van der Waals surface area contributed by atoms with Crippen molar-refractivity contribution < 1.29 is 0 Å². The number of H-pyrrole nitrogens is 1. The van der Waals surface area contributed by atoms with E-state index in [0.29, 0.717) is 37.0 Å². The summed E-state index contributed by atoms with van der Waals surface area (Å²) in [5.41, 5.74) is 15.0. The highest BCUT2D eigenvalue weighted by Crippen LogP contribution is 2.24. The van der Waals surface area contributed by atoms with E-state index < -0.39 is 0 Å². The van der Waals surface area contributed by atoms with Crippen LogP contribution in [0.5, 0.6) is 0 Å². The lowest BCUT2D eigenvalue weighted by atomic mass is 10.00. The third kappa shape index (κ3) is 5.03. The number of hydrogen-bond donors (Lipinski definition) is 4. The predicted molar refractivity (Wildman–Crippen MR) is 119 cm³/mol. The van der Waals surface area contributed by atoms with Crippen LogP contribution in [0.2, 0.25) is 0 Å². The van der Waals surface area contributed by atoms with Gasteiger partial charge in [-0.15, -0.1) is 0 Å². The Kier molecular flexibility index (Phi) is 6.65. The molecule has 150 valence electrons. The van der Waals surface area contributed by atoms with Crippen molar-refractivity contribution in [2.75, 3.05) is 18.8 Å². The molecule has 29 heavy (non-hydrogen) atoms. The van der Waals surface area contributed by atoms with E-state index in [-0.39, 0.29) is 5.69 Å². The van der Waals surface area contributed by atoms with Gasteiger partial charge in [0.05, 0.1) is 12.8 Å². The minimum absolute atomic E-state index is 0.284. The summed E-state index contributed by atoms with van der Waals surface area (Å²) in [6.07, 6.45) is 2.33. The van der Waals surface area contributed by atoms with Gasteiger partial charge >= 0.3 is 5.69 Å². The second-order valence-corrected chi connectivity index (χ2v) is 6.61. The fourth-order valence-electron chi connectivity index (χ4n) is 3.01. The Balaban J connectivity index is 1.82. The minimum atomic E-state index is -0.284. The van der Waals surface area contributed by atoms with Gasteiger partial charge in [0.15, 0.2) is 0 Å². The Morgan fingerprint density at radius 1 is 1.17 bits per heavy atom. The van der Waals surface area contributed by atoms with E-state index in [0.717, 1.165) is 23.1 Å². The number of anilines is 1. The zero-order valence-corrected chi connectivity index (χ0v) is 16.3. The average molecular weight is 390 g/mol. The Bertz CT molecular complexity index is 1050. The fraction of sp³-hybridized carbons (Fsp3) is 0.182. The molecule has 6 N–H and O–H groups in total. The smallest absolute Gasteiger partial charge is 0.327 e. The number of nitrogens with two attached hydrogens (primary N) is 2. The second kappa shape index (κ2) is 9.57. The molecule has 2 aromatic carbocycles. The van der Waals surface area contributed by atoms with Gasteiger partial charge in [-0.3, -0.25) is 4.57 Å². The number of benzene rings is 2. The van der Waals surface area contributed by atoms with Crippen molar-refractivity contribution in [2.45, 2.75) is 13.0 Å². The summed E-state index contributed by atoms with van der Waals surface area (Å²) >= 11 is 0. The van der Waals surface area contributed by atoms with Gasteiger partial charge in [0.25, 0.3) is 0 Å². The topological polar surface area (TPSA) is 114 Å². The molecule has 0 saturated carbocycles. The first-order valence-corrected chi connectivity index (χ1v) is 9.48. The minimum Gasteiger partial charge on any atom is -0.383 e. The van der Waals surface area contributed by atoms with Crippen molar-refractivity contribution in [3.05, 3.63) is 88.7 Å². The molecule has 0 aliphatic heterocycles. The summed E-state index contributed by atoms with van der Waals surface area (Å²) in [7, 11) is 0. The number of rotatable bonds is 9. The number of aromatic nitrogens is 2. The highest BCUT2D eigenvalue weighted by atomic mass is 16.1. The third-order valence-electron chi connectivity index (χ3n) is 4.54. The molecule has 0 unspecified atom stereocenters. The van der Waals surface area contributed by atoms with Gasteiger partial charge in [-0.25, -0.2) is 9.79 Å². The molecule has 0 saturated heterocycles. The molecule has 0 aliphatic carbocycles. The monoisotopic (exact) mass is 390 g/mol. The Hall–Kier alpha value is -3.58. The predicted octanol–water partition coefficient (Wildman–Crippen LogP) is 2.30. The molecular formula is C22H26N6O. The van der Waals surface area contributed by atoms with E-state index in [1.54, 1.807) is 0 Å². The van der Waals surface area contributed by atoms with E-state index in [2.05, 4.69) is 21.9 Å². The van der Waals surface area contributed by atoms with Crippen LogP contribution >= 0.6 is 0 Å². The number of nitrogen functional groups attached to an aromatic ring is 1. The Morgan fingerprint density at radius 2 is 1.90 bits per heavy atom. The van der Waals surface area contributed by atoms with Crippen LogP contribution in [0.25, 0.3) is 11.1 Å². The molecule has 1 heterocycles. The lowest BCUT2D eigenvalue weighted by Gasteiger charge is -2.11. The number of nitrogens with zero attached hydrogens (tertiary/aromatic N) is 2. The zero-order valence-electron chi connectivity index (χ0n) is 16.3. The van der Waals surface area contributed by atoms with E-state index in [9.17, 15) is 4.79 Å². The van der Waals surface area contributed by atoms with Crippen LogP contribution in [0.15, 0.2) is 76.8 Å². The molecule has 0 atom stereocenters. The van der Waals surface area contributed by atoms with Crippen LogP contribution in [0.4, 0.5) is 5.82 Å². The van der Waals surface area contributed by atoms with E-state index in [4.69, 9.17) is 11.5 Å². The van der Waals surface area contributed by atoms with Gasteiger partial charge in [-0.2, -0.15) is 0 Å². The van der Waals surface area contributed by atoms with Gasteiger partial charge in [-0.1, -0.05) is 61.2 Å². The lowest BCUT2D eigenvalue weighted by molar-refractivity contribution is 0.729. The summed E-state index contributed by atoms with van der Waals surface area (Å²) in [6.45, 7) is 5.47. The summed E-state index contributed by atoms with van der Waals surface area (Å²) < 4.78 is 1.51. The largest absolute Gasteiger partial charge is 0.383 e. The summed E-state index contributed by atoms with van der Waals surface area (Å²) in [6, 6.07) is 18.0. The first kappa shape index (κ1) is 20.2. The van der Waals surface area contributed by atoms with E-state index in [1.807, 2.05) is 54.6 Å². The van der Waals surface area contributed by atoms with Gasteiger partial charge in [0.2, 0.25) is 0 Å². The van der Waals surface area contributed by atoms with Crippen molar-refractivity contribution in [2.24, 2.45) is 10.7 Å². The van der Waals surface area contributed by atoms with Crippen LogP contribution in [-0.2, 0) is 6.54 Å². The SMILES string of the molecule is C=C(N=Cc1[nH]c(=O)n(Cc2ccccc2-c2ccccc2)c1N)NCCCN. The van der Waals surface area contributed by atoms with E-state index in [1.165, 1.54) is 10.8 Å². The van der Waals surface area contributed by atoms with Crippen LogP contribution in [0.1, 0.15) is 17.7 Å². The van der Waals surface area contributed by atoms with Gasteiger partial charge in [-0.05, 0) is 29.7 Å². The van der Waals surface area contributed by atoms with Crippen molar-refractivity contribution in [3.8, 4) is 11.1 Å². The molecule has 7 heteroatoms. The van der Waals surface area contributed by atoms with Crippen molar-refractivity contribution >= 4 is 12.0 Å². The highest BCUT2D eigenvalue weighted by Gasteiger charge is 2.12. The highest BCUT2D eigenvalue weighted by molar-refractivity contribution is 5.83. The second-order valence-electron chi connectivity index (χ2n) is 6.61. The summed E-state index contributed by atoms with van der Waals surface area (Å²) in [4.78, 5) is 19.5. The van der Waals surface area contributed by atoms with Crippen LogP contribution < -0.4 is 22.5 Å². The van der Waals surface area contributed by atoms with Crippen LogP contribution in [-0.4, -0.2) is 28.9 Å². The van der Waals surface area contributed by atoms with Crippen molar-refractivity contribution in [1.29, 1.82) is 0 Å². The molecule has 7 nitrogen and oxygen atoms in total. The Morgan fingerprint density at radius 3 is 2.66 bits per heavy atom. The molecule has 0 spiro atoms. The maximum Gasteiger partial charge on any atom is 0.327 e. The van der Waals surface area contributed by atoms with Crippen LogP contribution in [0, 0.1) is 0 Å². The standard InChI is InChI=1S/C22H26N6O/c1-16(25-13-7-12-23)26-14-20-21(24)28(22(29)27-20)15-18-10-5-6-11-19(18)17-8-3-2-4-9-17/h2-6,8-11,14,25H,1,7,12-13,15,23-24H2,(H,27,29). The van der Waals surface area contributed by atoms with Gasteiger partial charge < -0.3 is 21.8 Å². The molecule has 1 aromatic heterocycles. The summed E-state index contributed by atoms with van der Waals surface area (Å²) in [5.74, 6) is 0.817. The molecule has 0 amide bonds. The number of aliphatic imine (C=N–C) groups is 1. The fourth-order valence-corrected chi connectivity index (χ4v) is 3.01. The molecule has 3 aromatic rings. The summed E-state index contributed by atoms with van der Waals surface area (Å²) in [5, 5.41) is 3.05.